The number of pyridine rings is 1. The molecular weight excluding hydrogens is 301 g/mol. The highest BCUT2D eigenvalue weighted by Crippen LogP contribution is 2.23. The number of aryl methyl sites for hydroxylation is 1. The molecule has 1 saturated heterocycles. The Balaban J connectivity index is 1.60. The van der Waals surface area contributed by atoms with Crippen LogP contribution in [0.25, 0.3) is 22.6 Å². The van der Waals surface area contributed by atoms with Crippen molar-refractivity contribution >= 4 is 23.7 Å². The van der Waals surface area contributed by atoms with E-state index >= 15 is 0 Å². The van der Waals surface area contributed by atoms with Crippen molar-refractivity contribution in [3.8, 4) is 11.4 Å². The number of nitrogens with zero attached hydrogens (tertiary/aromatic N) is 3. The van der Waals surface area contributed by atoms with Gasteiger partial charge < -0.3 is 13.9 Å². The average molecular weight is 321 g/mol. The summed E-state index contributed by atoms with van der Waals surface area (Å²) in [5.74, 6) is 0.905. The van der Waals surface area contributed by atoms with E-state index in [1.807, 2.05) is 35.9 Å². The van der Waals surface area contributed by atoms with Crippen LogP contribution in [0.5, 0.6) is 0 Å². The molecule has 3 aromatic rings. The third-order valence-corrected chi connectivity index (χ3v) is 4.32. The van der Waals surface area contributed by atoms with Crippen LogP contribution in [0.2, 0.25) is 0 Å². The first-order valence-electron chi connectivity index (χ1n) is 8.14. The molecule has 6 heteroatoms. The van der Waals surface area contributed by atoms with Crippen molar-refractivity contribution in [2.45, 2.75) is 13.8 Å². The van der Waals surface area contributed by atoms with Crippen LogP contribution in [-0.4, -0.2) is 34.9 Å². The van der Waals surface area contributed by atoms with Gasteiger partial charge in [0.2, 0.25) is 0 Å². The zero-order chi connectivity index (χ0) is 16.7. The van der Waals surface area contributed by atoms with Gasteiger partial charge in [0.1, 0.15) is 11.3 Å². The van der Waals surface area contributed by atoms with E-state index in [0.717, 1.165) is 28.0 Å². The second-order valence-corrected chi connectivity index (χ2v) is 7.08. The summed E-state index contributed by atoms with van der Waals surface area (Å²) in [4.78, 5) is 9.07. The van der Waals surface area contributed by atoms with Gasteiger partial charge in [-0.15, -0.1) is 0 Å². The fourth-order valence-corrected chi connectivity index (χ4v) is 2.96. The molecule has 3 heterocycles. The normalized spacial score (nSPS) is 17.4. The Hall–Kier alpha value is -2.18. The lowest BCUT2D eigenvalue weighted by Gasteiger charge is -2.33. The van der Waals surface area contributed by atoms with E-state index < -0.39 is 0 Å². The fourth-order valence-electron chi connectivity index (χ4n) is 2.96. The van der Waals surface area contributed by atoms with E-state index in [1.54, 1.807) is 6.20 Å². The van der Waals surface area contributed by atoms with E-state index in [9.17, 15) is 0 Å². The highest BCUT2D eigenvalue weighted by Gasteiger charge is 2.33. The molecule has 0 N–H and O–H groups in total. The molecule has 0 unspecified atom stereocenters. The number of imidazole rings is 1. The van der Waals surface area contributed by atoms with Crippen LogP contribution in [-0.2, 0) is 16.4 Å². The van der Waals surface area contributed by atoms with Crippen LogP contribution < -0.4 is 5.46 Å². The smallest absolute Gasteiger partial charge is 0.407 e. The molecule has 24 heavy (non-hydrogen) atoms. The van der Waals surface area contributed by atoms with Gasteiger partial charge in [0.15, 0.2) is 5.65 Å². The van der Waals surface area contributed by atoms with Gasteiger partial charge in [-0.3, -0.25) is 0 Å². The van der Waals surface area contributed by atoms with Crippen molar-refractivity contribution in [1.82, 2.24) is 14.5 Å². The molecule has 0 bridgehead atoms. The number of hydrogen-bond acceptors (Lipinski definition) is 4. The molecule has 0 saturated carbocycles. The Morgan fingerprint density at radius 2 is 1.79 bits per heavy atom. The SMILES string of the molecule is Cn1c(-c2ccc(B3OCC(C)(C)CO3)cc2)nc2cccnc21. The Labute approximate surface area is 141 Å². The Morgan fingerprint density at radius 1 is 1.08 bits per heavy atom. The van der Waals surface area contributed by atoms with E-state index in [4.69, 9.17) is 9.31 Å². The van der Waals surface area contributed by atoms with Crippen molar-refractivity contribution in [3.05, 3.63) is 42.6 Å². The first-order valence-corrected chi connectivity index (χ1v) is 8.14. The molecule has 1 fully saturated rings. The van der Waals surface area contributed by atoms with Crippen LogP contribution in [0, 0.1) is 5.41 Å². The van der Waals surface area contributed by atoms with Crippen molar-refractivity contribution in [2.24, 2.45) is 12.5 Å². The lowest BCUT2D eigenvalue weighted by molar-refractivity contribution is 0.0343. The molecule has 0 amide bonds. The molecule has 1 aromatic carbocycles. The maximum absolute atomic E-state index is 5.84. The monoisotopic (exact) mass is 321 g/mol. The van der Waals surface area contributed by atoms with Crippen molar-refractivity contribution in [1.29, 1.82) is 0 Å². The summed E-state index contributed by atoms with van der Waals surface area (Å²) in [7, 11) is 1.70. The minimum atomic E-state index is -0.283. The Kier molecular flexibility index (Phi) is 3.66. The number of rotatable bonds is 2. The first-order chi connectivity index (χ1) is 11.5. The average Bonchev–Trinajstić information content (AvgIpc) is 2.92. The molecule has 0 radical (unpaired) electrons. The lowest BCUT2D eigenvalue weighted by Crippen LogP contribution is -2.47. The number of fused-ring (bicyclic) bond motifs is 1. The van der Waals surface area contributed by atoms with Gasteiger partial charge in [0.25, 0.3) is 0 Å². The van der Waals surface area contributed by atoms with Crippen LogP contribution in [0.4, 0.5) is 0 Å². The summed E-state index contributed by atoms with van der Waals surface area (Å²) in [5, 5.41) is 0. The predicted molar refractivity (Wildman–Crippen MR) is 95.0 cm³/mol. The van der Waals surface area contributed by atoms with Crippen LogP contribution in [0.3, 0.4) is 0 Å². The molecular formula is C18H20BN3O2. The maximum Gasteiger partial charge on any atom is 0.493 e. The van der Waals surface area contributed by atoms with Crippen LogP contribution in [0.1, 0.15) is 13.8 Å². The highest BCUT2D eigenvalue weighted by atomic mass is 16.6. The lowest BCUT2D eigenvalue weighted by atomic mass is 9.75. The third kappa shape index (κ3) is 2.72. The molecule has 5 nitrogen and oxygen atoms in total. The minimum Gasteiger partial charge on any atom is -0.407 e. The second-order valence-electron chi connectivity index (χ2n) is 7.08. The zero-order valence-corrected chi connectivity index (χ0v) is 14.2. The van der Waals surface area contributed by atoms with Crippen LogP contribution in [0.15, 0.2) is 42.6 Å². The van der Waals surface area contributed by atoms with Crippen LogP contribution >= 0.6 is 0 Å². The van der Waals surface area contributed by atoms with E-state index in [-0.39, 0.29) is 12.5 Å². The number of aromatic nitrogens is 3. The summed E-state index contributed by atoms with van der Waals surface area (Å²) < 4.78 is 13.7. The van der Waals surface area contributed by atoms with Gasteiger partial charge in [0.05, 0.1) is 0 Å². The minimum absolute atomic E-state index is 0.0799. The summed E-state index contributed by atoms with van der Waals surface area (Å²) >= 11 is 0. The molecule has 1 aliphatic heterocycles. The molecule has 4 rings (SSSR count). The Morgan fingerprint density at radius 3 is 2.46 bits per heavy atom. The largest absolute Gasteiger partial charge is 0.493 e. The quantitative estimate of drug-likeness (QED) is 0.680. The van der Waals surface area contributed by atoms with Gasteiger partial charge in [-0.1, -0.05) is 38.1 Å². The molecule has 2 aromatic heterocycles. The topological polar surface area (TPSA) is 49.2 Å². The number of benzene rings is 1. The van der Waals surface area contributed by atoms with E-state index in [2.05, 4.69) is 35.9 Å². The summed E-state index contributed by atoms with van der Waals surface area (Å²) in [6.45, 7) is 5.70. The third-order valence-electron chi connectivity index (χ3n) is 4.32. The molecule has 0 spiro atoms. The number of hydrogen-bond donors (Lipinski definition) is 0. The summed E-state index contributed by atoms with van der Waals surface area (Å²) in [6, 6.07) is 12.1. The Bertz CT molecular complexity index is 864. The first kappa shape index (κ1) is 15.4. The second kappa shape index (κ2) is 5.72. The zero-order valence-electron chi connectivity index (χ0n) is 14.2. The molecule has 122 valence electrons. The standard InChI is InChI=1S/C18H20BN3O2/c1-18(2)11-23-19(24-12-18)14-8-6-13(7-9-14)16-21-15-5-4-10-20-17(15)22(16)3/h4-10H,11-12H2,1-3H3. The van der Waals surface area contributed by atoms with Gasteiger partial charge >= 0.3 is 7.12 Å². The molecule has 0 atom stereocenters. The predicted octanol–water partition coefficient (Wildman–Crippen LogP) is 2.40. The van der Waals surface area contributed by atoms with Crippen molar-refractivity contribution < 1.29 is 9.31 Å². The summed E-state index contributed by atoms with van der Waals surface area (Å²) in [5.41, 5.74) is 3.95. The van der Waals surface area contributed by atoms with E-state index in [0.29, 0.717) is 13.2 Å². The van der Waals surface area contributed by atoms with Gasteiger partial charge in [0, 0.05) is 37.4 Å². The van der Waals surface area contributed by atoms with Gasteiger partial charge in [-0.05, 0) is 17.6 Å². The summed E-state index contributed by atoms with van der Waals surface area (Å²) in [6.07, 6.45) is 1.79. The van der Waals surface area contributed by atoms with Gasteiger partial charge in [-0.2, -0.15) is 0 Å². The van der Waals surface area contributed by atoms with Gasteiger partial charge in [-0.25, -0.2) is 9.97 Å². The van der Waals surface area contributed by atoms with Crippen molar-refractivity contribution in [2.75, 3.05) is 13.2 Å². The fraction of sp³-hybridized carbons (Fsp3) is 0.333. The van der Waals surface area contributed by atoms with Crippen molar-refractivity contribution in [3.63, 3.8) is 0 Å². The molecule has 0 aliphatic carbocycles. The maximum atomic E-state index is 5.84. The highest BCUT2D eigenvalue weighted by molar-refractivity contribution is 6.61. The molecule has 1 aliphatic rings. The van der Waals surface area contributed by atoms with E-state index in [1.165, 1.54) is 0 Å².